The van der Waals surface area contributed by atoms with Crippen molar-refractivity contribution in [3.63, 3.8) is 0 Å². The molecular weight excluding hydrogens is 222 g/mol. The van der Waals surface area contributed by atoms with Gasteiger partial charge < -0.3 is 15.2 Å². The van der Waals surface area contributed by atoms with E-state index in [1.165, 1.54) is 0 Å². The van der Waals surface area contributed by atoms with Crippen molar-refractivity contribution in [2.75, 3.05) is 0 Å². The van der Waals surface area contributed by atoms with Gasteiger partial charge in [0.05, 0.1) is 6.42 Å². The number of hydrogen-bond acceptors (Lipinski definition) is 3. The molecule has 0 aliphatic carbocycles. The number of carbonyl (C=O) groups excluding carboxylic acids is 1. The van der Waals surface area contributed by atoms with Gasteiger partial charge in [0, 0.05) is 6.04 Å². The fourth-order valence-corrected chi connectivity index (χ4v) is 1.23. The Labute approximate surface area is 102 Å². The fraction of sp³-hybridized carbons (Fsp3) is 0.667. The third kappa shape index (κ3) is 9.41. The maximum atomic E-state index is 11.5. The summed E-state index contributed by atoms with van der Waals surface area (Å²) in [5.74, 6) is -0.949. The van der Waals surface area contributed by atoms with Crippen LogP contribution >= 0.6 is 0 Å². The van der Waals surface area contributed by atoms with Crippen molar-refractivity contribution in [2.24, 2.45) is 0 Å². The second kappa shape index (κ2) is 6.93. The van der Waals surface area contributed by atoms with Gasteiger partial charge in [-0.15, -0.1) is 6.58 Å². The Morgan fingerprint density at radius 3 is 2.47 bits per heavy atom. The Hall–Kier alpha value is -1.52. The van der Waals surface area contributed by atoms with Crippen molar-refractivity contribution < 1.29 is 19.4 Å². The topological polar surface area (TPSA) is 75.6 Å². The predicted octanol–water partition coefficient (Wildman–Crippen LogP) is 2.32. The second-order valence-electron chi connectivity index (χ2n) is 4.81. The third-order valence-corrected chi connectivity index (χ3v) is 1.86. The monoisotopic (exact) mass is 243 g/mol. The van der Waals surface area contributed by atoms with Gasteiger partial charge in [-0.25, -0.2) is 4.79 Å². The molecular formula is C12H21NO4. The molecule has 0 bridgehead atoms. The van der Waals surface area contributed by atoms with Crippen LogP contribution in [0.3, 0.4) is 0 Å². The molecule has 0 aromatic heterocycles. The van der Waals surface area contributed by atoms with Crippen LogP contribution in [0.1, 0.15) is 40.0 Å². The molecule has 0 aromatic rings. The van der Waals surface area contributed by atoms with E-state index in [9.17, 15) is 9.59 Å². The first kappa shape index (κ1) is 15.5. The van der Waals surface area contributed by atoms with Crippen LogP contribution in [0.5, 0.6) is 0 Å². The Morgan fingerprint density at radius 2 is 2.06 bits per heavy atom. The van der Waals surface area contributed by atoms with Crippen LogP contribution in [0.4, 0.5) is 4.79 Å². The summed E-state index contributed by atoms with van der Waals surface area (Å²) < 4.78 is 5.06. The largest absolute Gasteiger partial charge is 0.481 e. The quantitative estimate of drug-likeness (QED) is 0.702. The summed E-state index contributed by atoms with van der Waals surface area (Å²) in [6.45, 7) is 8.82. The number of alkyl carbamates (subject to hydrolysis) is 1. The molecule has 0 aliphatic heterocycles. The van der Waals surface area contributed by atoms with Gasteiger partial charge in [-0.1, -0.05) is 6.08 Å². The predicted molar refractivity (Wildman–Crippen MR) is 64.8 cm³/mol. The zero-order chi connectivity index (χ0) is 13.5. The molecule has 0 rings (SSSR count). The lowest BCUT2D eigenvalue weighted by Gasteiger charge is -2.22. The zero-order valence-electron chi connectivity index (χ0n) is 10.7. The molecule has 0 fully saturated rings. The summed E-state index contributed by atoms with van der Waals surface area (Å²) in [5, 5.41) is 11.3. The van der Waals surface area contributed by atoms with Crippen LogP contribution in [0, 0.1) is 0 Å². The molecule has 5 nitrogen and oxygen atoms in total. The number of ether oxygens (including phenoxy) is 1. The van der Waals surface area contributed by atoms with Gasteiger partial charge >= 0.3 is 12.1 Å². The minimum atomic E-state index is -0.949. The maximum Gasteiger partial charge on any atom is 0.407 e. The average molecular weight is 243 g/mol. The molecule has 1 atom stereocenters. The summed E-state index contributed by atoms with van der Waals surface area (Å²) in [4.78, 5) is 22.1. The third-order valence-electron chi connectivity index (χ3n) is 1.86. The van der Waals surface area contributed by atoms with Crippen LogP contribution in [0.15, 0.2) is 12.7 Å². The van der Waals surface area contributed by atoms with Crippen molar-refractivity contribution in [1.29, 1.82) is 0 Å². The summed E-state index contributed by atoms with van der Waals surface area (Å²) >= 11 is 0. The van der Waals surface area contributed by atoms with Gasteiger partial charge in [0.15, 0.2) is 0 Å². The van der Waals surface area contributed by atoms with Gasteiger partial charge in [0.1, 0.15) is 5.60 Å². The lowest BCUT2D eigenvalue weighted by Crippen LogP contribution is -2.40. The smallest absolute Gasteiger partial charge is 0.407 e. The first-order valence-electron chi connectivity index (χ1n) is 5.57. The molecule has 0 heterocycles. The molecule has 0 radical (unpaired) electrons. The Kier molecular flexibility index (Phi) is 6.31. The number of hydrogen-bond donors (Lipinski definition) is 2. The van der Waals surface area contributed by atoms with E-state index >= 15 is 0 Å². The van der Waals surface area contributed by atoms with Gasteiger partial charge in [0.25, 0.3) is 0 Å². The van der Waals surface area contributed by atoms with Crippen molar-refractivity contribution in [3.05, 3.63) is 12.7 Å². The molecule has 0 aromatic carbocycles. The summed E-state index contributed by atoms with van der Waals surface area (Å²) in [5.41, 5.74) is -0.587. The molecule has 5 heteroatoms. The van der Waals surface area contributed by atoms with Crippen LogP contribution < -0.4 is 5.32 Å². The second-order valence-corrected chi connectivity index (χ2v) is 4.81. The number of carboxylic acid groups (broad SMARTS) is 1. The highest BCUT2D eigenvalue weighted by atomic mass is 16.6. The van der Waals surface area contributed by atoms with E-state index < -0.39 is 23.7 Å². The van der Waals surface area contributed by atoms with Crippen LogP contribution in [-0.2, 0) is 9.53 Å². The van der Waals surface area contributed by atoms with Gasteiger partial charge in [-0.3, -0.25) is 4.79 Å². The number of aliphatic carboxylic acids is 1. The Balaban J connectivity index is 4.26. The number of carboxylic acids is 1. The minimum Gasteiger partial charge on any atom is -0.481 e. The first-order chi connectivity index (χ1) is 7.74. The van der Waals surface area contributed by atoms with Gasteiger partial charge in [-0.2, -0.15) is 0 Å². The Morgan fingerprint density at radius 1 is 1.47 bits per heavy atom. The van der Waals surface area contributed by atoms with E-state index in [2.05, 4.69) is 11.9 Å². The molecule has 98 valence electrons. The maximum absolute atomic E-state index is 11.5. The number of amides is 1. The van der Waals surface area contributed by atoms with Gasteiger partial charge in [-0.05, 0) is 33.6 Å². The molecule has 0 saturated carbocycles. The first-order valence-corrected chi connectivity index (χ1v) is 5.57. The van der Waals surface area contributed by atoms with Gasteiger partial charge in [0.2, 0.25) is 0 Å². The van der Waals surface area contributed by atoms with Crippen molar-refractivity contribution in [3.8, 4) is 0 Å². The minimum absolute atomic E-state index is 0.118. The van der Waals surface area contributed by atoms with Crippen LogP contribution in [0.25, 0.3) is 0 Å². The number of carbonyl (C=O) groups is 2. The highest BCUT2D eigenvalue weighted by Crippen LogP contribution is 2.09. The molecule has 17 heavy (non-hydrogen) atoms. The molecule has 0 aliphatic rings. The summed E-state index contributed by atoms with van der Waals surface area (Å²) in [6, 6.07) is -0.430. The number of nitrogens with one attached hydrogen (secondary N) is 1. The normalized spacial score (nSPS) is 12.6. The lowest BCUT2D eigenvalue weighted by molar-refractivity contribution is -0.137. The Bertz CT molecular complexity index is 281. The lowest BCUT2D eigenvalue weighted by atomic mass is 10.1. The highest BCUT2D eigenvalue weighted by molar-refractivity contribution is 5.71. The van der Waals surface area contributed by atoms with E-state index in [1.54, 1.807) is 26.8 Å². The van der Waals surface area contributed by atoms with Crippen molar-refractivity contribution in [1.82, 2.24) is 5.32 Å². The number of allylic oxidation sites excluding steroid dienone is 1. The van der Waals surface area contributed by atoms with Crippen LogP contribution in [-0.4, -0.2) is 28.8 Å². The number of rotatable bonds is 6. The highest BCUT2D eigenvalue weighted by Gasteiger charge is 2.20. The van der Waals surface area contributed by atoms with Crippen molar-refractivity contribution in [2.45, 2.75) is 51.7 Å². The van der Waals surface area contributed by atoms with E-state index in [1.807, 2.05) is 0 Å². The van der Waals surface area contributed by atoms with E-state index in [4.69, 9.17) is 9.84 Å². The van der Waals surface area contributed by atoms with E-state index in [0.717, 1.165) is 0 Å². The van der Waals surface area contributed by atoms with Crippen LogP contribution in [0.2, 0.25) is 0 Å². The fourth-order valence-electron chi connectivity index (χ4n) is 1.23. The van der Waals surface area contributed by atoms with E-state index in [0.29, 0.717) is 12.8 Å². The molecule has 1 amide bonds. The molecule has 0 spiro atoms. The van der Waals surface area contributed by atoms with E-state index in [-0.39, 0.29) is 6.42 Å². The standard InChI is InChI=1S/C12H21NO4/c1-5-6-7-9(8-10(14)15)13-11(16)17-12(2,3)4/h5,9H,1,6-8H2,2-4H3,(H,13,16)(H,14,15)/t9-/m0/s1. The molecule has 0 saturated heterocycles. The average Bonchev–Trinajstić information content (AvgIpc) is 2.09. The molecule has 2 N–H and O–H groups in total. The summed E-state index contributed by atoms with van der Waals surface area (Å²) in [7, 11) is 0. The van der Waals surface area contributed by atoms with Crippen molar-refractivity contribution >= 4 is 12.1 Å². The summed E-state index contributed by atoms with van der Waals surface area (Å²) in [6.07, 6.45) is 2.16. The SMILES string of the molecule is C=CCC[C@@H](CC(=O)O)NC(=O)OC(C)(C)C. The molecule has 0 unspecified atom stereocenters. The zero-order valence-corrected chi connectivity index (χ0v) is 10.7.